The van der Waals surface area contributed by atoms with Crippen LogP contribution in [0, 0.1) is 6.92 Å². The maximum atomic E-state index is 6.19. The number of hydrogen-bond donors (Lipinski definition) is 0. The molecule has 0 aliphatic carbocycles. The van der Waals surface area contributed by atoms with Crippen LogP contribution in [0.5, 0.6) is 5.75 Å². The lowest BCUT2D eigenvalue weighted by atomic mass is 10.2. The fraction of sp³-hybridized carbons (Fsp3) is 0.429. The minimum atomic E-state index is 0.201. The van der Waals surface area contributed by atoms with E-state index in [9.17, 15) is 0 Å². The molecule has 0 saturated heterocycles. The van der Waals surface area contributed by atoms with E-state index in [4.69, 9.17) is 21.1 Å². The molecule has 0 amide bonds. The fourth-order valence-electron chi connectivity index (χ4n) is 2.29. The molecule has 1 aromatic heterocycles. The van der Waals surface area contributed by atoms with Crippen LogP contribution in [-0.4, -0.2) is 18.5 Å². The maximum absolute atomic E-state index is 6.19. The van der Waals surface area contributed by atoms with Crippen LogP contribution in [0.1, 0.15) is 25.6 Å². The Hall–Kier alpha value is -1.19. The highest BCUT2D eigenvalue weighted by atomic mass is 35.5. The van der Waals surface area contributed by atoms with Crippen LogP contribution in [0.25, 0.3) is 10.9 Å². The third-order valence-corrected chi connectivity index (χ3v) is 3.23. The number of nitrogens with zero attached hydrogens (tertiary/aromatic N) is 1. The van der Waals surface area contributed by atoms with Gasteiger partial charge < -0.3 is 14.0 Å². The van der Waals surface area contributed by atoms with Crippen molar-refractivity contribution in [2.24, 2.45) is 0 Å². The highest BCUT2D eigenvalue weighted by Crippen LogP contribution is 2.33. The summed E-state index contributed by atoms with van der Waals surface area (Å²) in [5, 5.41) is 1.75. The number of hydrogen-bond acceptors (Lipinski definition) is 2. The zero-order valence-corrected chi connectivity index (χ0v) is 11.9. The molecule has 4 heteroatoms. The van der Waals surface area contributed by atoms with E-state index in [0.29, 0.717) is 16.8 Å². The molecule has 0 aliphatic heterocycles. The van der Waals surface area contributed by atoms with Gasteiger partial charge in [-0.1, -0.05) is 11.6 Å². The van der Waals surface area contributed by atoms with Crippen molar-refractivity contribution in [3.8, 4) is 5.75 Å². The standard InChI is InChI=1S/C14H18ClNO2/c1-9(2)16-10(3)5-11-6-12(15)14(7-13(11)16)18-8-17-4/h5-7,9H,8H2,1-4H3. The zero-order valence-electron chi connectivity index (χ0n) is 11.2. The van der Waals surface area contributed by atoms with Gasteiger partial charge in [-0.3, -0.25) is 0 Å². The summed E-state index contributed by atoms with van der Waals surface area (Å²) in [4.78, 5) is 0. The molecule has 1 aromatic carbocycles. The Balaban J connectivity index is 2.56. The lowest BCUT2D eigenvalue weighted by Crippen LogP contribution is -2.03. The van der Waals surface area contributed by atoms with Gasteiger partial charge in [-0.25, -0.2) is 0 Å². The number of rotatable bonds is 4. The van der Waals surface area contributed by atoms with Gasteiger partial charge in [0.25, 0.3) is 0 Å². The first-order valence-electron chi connectivity index (χ1n) is 5.97. The molecule has 0 atom stereocenters. The van der Waals surface area contributed by atoms with Crippen LogP contribution in [0.4, 0.5) is 0 Å². The van der Waals surface area contributed by atoms with Gasteiger partial charge in [0.2, 0.25) is 0 Å². The Kier molecular flexibility index (Phi) is 3.83. The molecule has 2 aromatic rings. The van der Waals surface area contributed by atoms with Crippen LogP contribution in [0.2, 0.25) is 5.02 Å². The SMILES string of the molecule is COCOc1cc2c(cc1Cl)cc(C)n2C(C)C. The molecule has 0 bridgehead atoms. The van der Waals surface area contributed by atoms with Gasteiger partial charge in [0.15, 0.2) is 6.79 Å². The van der Waals surface area contributed by atoms with E-state index >= 15 is 0 Å². The molecule has 98 valence electrons. The first-order valence-corrected chi connectivity index (χ1v) is 6.35. The van der Waals surface area contributed by atoms with E-state index in [1.54, 1.807) is 7.11 Å². The largest absolute Gasteiger partial charge is 0.466 e. The molecule has 1 heterocycles. The molecule has 0 N–H and O–H groups in total. The number of benzene rings is 1. The fourth-order valence-corrected chi connectivity index (χ4v) is 2.51. The van der Waals surface area contributed by atoms with Crippen molar-refractivity contribution in [2.45, 2.75) is 26.8 Å². The molecule has 0 saturated carbocycles. The number of aromatic nitrogens is 1. The lowest BCUT2D eigenvalue weighted by Gasteiger charge is -2.13. The Labute approximate surface area is 112 Å². The van der Waals surface area contributed by atoms with E-state index in [2.05, 4.69) is 31.4 Å². The summed E-state index contributed by atoms with van der Waals surface area (Å²) < 4.78 is 12.6. The van der Waals surface area contributed by atoms with Gasteiger partial charge >= 0.3 is 0 Å². The van der Waals surface area contributed by atoms with Crippen molar-refractivity contribution in [1.29, 1.82) is 0 Å². The van der Waals surface area contributed by atoms with E-state index in [1.807, 2.05) is 12.1 Å². The second kappa shape index (κ2) is 5.21. The molecule has 3 nitrogen and oxygen atoms in total. The van der Waals surface area contributed by atoms with Gasteiger partial charge in [0.05, 0.1) is 10.5 Å². The van der Waals surface area contributed by atoms with Gasteiger partial charge in [-0.2, -0.15) is 0 Å². The Bertz CT molecular complexity index is 560. The predicted molar refractivity (Wildman–Crippen MR) is 74.6 cm³/mol. The predicted octanol–water partition coefficient (Wildman–Crippen LogP) is 4.17. The molecule has 0 spiro atoms. The average molecular weight is 268 g/mol. The van der Waals surface area contributed by atoms with E-state index < -0.39 is 0 Å². The maximum Gasteiger partial charge on any atom is 0.188 e. The summed E-state index contributed by atoms with van der Waals surface area (Å²) in [6.07, 6.45) is 0. The first kappa shape index (κ1) is 13.2. The molecular formula is C14H18ClNO2. The van der Waals surface area contributed by atoms with E-state index in [-0.39, 0.29) is 6.79 Å². The summed E-state index contributed by atoms with van der Waals surface area (Å²) >= 11 is 6.19. The molecule has 2 rings (SSSR count). The molecule has 0 fully saturated rings. The summed E-state index contributed by atoms with van der Waals surface area (Å²) in [6.45, 7) is 6.63. The molecule has 0 aliphatic rings. The van der Waals surface area contributed by atoms with Crippen molar-refractivity contribution in [3.05, 3.63) is 28.9 Å². The number of ether oxygens (including phenoxy) is 2. The second-order valence-electron chi connectivity index (χ2n) is 4.64. The van der Waals surface area contributed by atoms with Crippen molar-refractivity contribution in [2.75, 3.05) is 13.9 Å². The third kappa shape index (κ3) is 2.33. The van der Waals surface area contributed by atoms with Crippen molar-refractivity contribution < 1.29 is 9.47 Å². The van der Waals surface area contributed by atoms with Crippen LogP contribution in [0.3, 0.4) is 0 Å². The Morgan fingerprint density at radius 1 is 1.28 bits per heavy atom. The van der Waals surface area contributed by atoms with Crippen molar-refractivity contribution in [1.82, 2.24) is 4.57 Å². The number of methoxy groups -OCH3 is 1. The van der Waals surface area contributed by atoms with Gasteiger partial charge in [0, 0.05) is 30.3 Å². The normalized spacial score (nSPS) is 11.4. The Morgan fingerprint density at radius 2 is 2.00 bits per heavy atom. The molecule has 0 unspecified atom stereocenters. The monoisotopic (exact) mass is 267 g/mol. The summed E-state index contributed by atoms with van der Waals surface area (Å²) in [7, 11) is 1.59. The van der Waals surface area contributed by atoms with Crippen LogP contribution >= 0.6 is 11.6 Å². The number of fused-ring (bicyclic) bond motifs is 1. The molecular weight excluding hydrogens is 250 g/mol. The number of aryl methyl sites for hydroxylation is 1. The summed E-state index contributed by atoms with van der Waals surface area (Å²) in [5.74, 6) is 0.658. The topological polar surface area (TPSA) is 23.4 Å². The van der Waals surface area contributed by atoms with Crippen molar-refractivity contribution >= 4 is 22.5 Å². The first-order chi connectivity index (χ1) is 8.54. The minimum absolute atomic E-state index is 0.201. The van der Waals surface area contributed by atoms with Gasteiger partial charge in [-0.05, 0) is 32.9 Å². The van der Waals surface area contributed by atoms with E-state index in [0.717, 1.165) is 10.9 Å². The third-order valence-electron chi connectivity index (χ3n) is 2.93. The number of halogens is 1. The van der Waals surface area contributed by atoms with E-state index in [1.165, 1.54) is 5.69 Å². The van der Waals surface area contributed by atoms with Crippen LogP contribution in [0.15, 0.2) is 18.2 Å². The van der Waals surface area contributed by atoms with Crippen molar-refractivity contribution in [3.63, 3.8) is 0 Å². The average Bonchev–Trinajstić information content (AvgIpc) is 2.61. The highest BCUT2D eigenvalue weighted by molar-refractivity contribution is 6.32. The van der Waals surface area contributed by atoms with Gasteiger partial charge in [0.1, 0.15) is 5.75 Å². The summed E-state index contributed by atoms with van der Waals surface area (Å²) in [6, 6.07) is 6.46. The second-order valence-corrected chi connectivity index (χ2v) is 5.05. The van der Waals surface area contributed by atoms with Gasteiger partial charge in [-0.15, -0.1) is 0 Å². The smallest absolute Gasteiger partial charge is 0.188 e. The molecule has 18 heavy (non-hydrogen) atoms. The minimum Gasteiger partial charge on any atom is -0.466 e. The van der Waals surface area contributed by atoms with Crippen LogP contribution < -0.4 is 4.74 Å². The Morgan fingerprint density at radius 3 is 2.61 bits per heavy atom. The summed E-state index contributed by atoms with van der Waals surface area (Å²) in [5.41, 5.74) is 2.36. The zero-order chi connectivity index (χ0) is 13.3. The lowest BCUT2D eigenvalue weighted by molar-refractivity contribution is 0.0513. The van der Waals surface area contributed by atoms with Crippen LogP contribution in [-0.2, 0) is 4.74 Å². The highest BCUT2D eigenvalue weighted by Gasteiger charge is 2.12. The molecule has 0 radical (unpaired) electrons. The quantitative estimate of drug-likeness (QED) is 0.777.